The highest BCUT2D eigenvalue weighted by Crippen LogP contribution is 1.89. The minimum atomic E-state index is 0.200. The Morgan fingerprint density at radius 2 is 1.89 bits per heavy atom. The Hall–Kier alpha value is -1.59. The number of rotatable bonds is 0. The lowest BCUT2D eigenvalue weighted by Gasteiger charge is -2.13. The molecule has 0 saturated carbocycles. The minimum absolute atomic E-state index is 0.200. The van der Waals surface area contributed by atoms with Gasteiger partial charge in [-0.15, -0.1) is 5.10 Å². The molecule has 9 heavy (non-hydrogen) atoms. The van der Waals surface area contributed by atoms with E-state index in [1.54, 1.807) is 0 Å². The van der Waals surface area contributed by atoms with Crippen molar-refractivity contribution >= 4 is 5.84 Å². The average Bonchev–Trinajstić information content (AvgIpc) is 1.83. The van der Waals surface area contributed by atoms with Gasteiger partial charge in [0.25, 0.3) is 0 Å². The van der Waals surface area contributed by atoms with Gasteiger partial charge in [0.1, 0.15) is 11.5 Å². The molecule has 6 heteroatoms. The Morgan fingerprint density at radius 1 is 1.22 bits per heavy atom. The molecule has 0 fully saturated rings. The first-order valence-corrected chi connectivity index (χ1v) is 2.31. The highest BCUT2D eigenvalue weighted by Gasteiger charge is 2.06. The summed E-state index contributed by atoms with van der Waals surface area (Å²) in [6, 6.07) is 0. The van der Waals surface area contributed by atoms with E-state index in [1.807, 2.05) is 0 Å². The van der Waals surface area contributed by atoms with Gasteiger partial charge in [-0.1, -0.05) is 0 Å². The number of nitrogens with zero attached hydrogens (tertiary/aromatic N) is 1. The third-order valence-corrected chi connectivity index (χ3v) is 0.933. The fourth-order valence-corrected chi connectivity index (χ4v) is 0.414. The summed E-state index contributed by atoms with van der Waals surface area (Å²) in [5, 5.41) is 3.53. The maximum atomic E-state index is 5.32. The summed E-state index contributed by atoms with van der Waals surface area (Å²) in [7, 11) is 0. The second-order valence-corrected chi connectivity index (χ2v) is 1.56. The van der Waals surface area contributed by atoms with E-state index in [1.165, 1.54) is 0 Å². The lowest BCUT2D eigenvalue weighted by Crippen LogP contribution is -2.42. The summed E-state index contributed by atoms with van der Waals surface area (Å²) >= 11 is 0. The number of hydrogen-bond donors (Lipinski definition) is 5. The molecule has 0 radical (unpaired) electrons. The van der Waals surface area contributed by atoms with E-state index >= 15 is 0 Å². The first kappa shape index (κ1) is 5.54. The van der Waals surface area contributed by atoms with Crippen LogP contribution < -0.4 is 28.2 Å². The molecule has 50 valence electrons. The van der Waals surface area contributed by atoms with Crippen molar-refractivity contribution in [2.45, 2.75) is 0 Å². The number of hydrazine groups is 1. The molecule has 0 unspecified atom stereocenters. The van der Waals surface area contributed by atoms with Crippen LogP contribution in [0.4, 0.5) is 0 Å². The fraction of sp³-hybridized carbons (Fsp3) is 0. The predicted molar refractivity (Wildman–Crippen MR) is 33.3 cm³/mol. The largest absolute Gasteiger partial charge is 0.393 e. The molecule has 0 amide bonds. The molecule has 1 aliphatic heterocycles. The van der Waals surface area contributed by atoms with Gasteiger partial charge in [-0.25, -0.2) is 5.53 Å². The summed E-state index contributed by atoms with van der Waals surface area (Å²) in [5.41, 5.74) is 21.0. The van der Waals surface area contributed by atoms with Crippen molar-refractivity contribution < 1.29 is 0 Å². The van der Waals surface area contributed by atoms with E-state index in [9.17, 15) is 0 Å². The highest BCUT2D eigenvalue weighted by atomic mass is 15.6. The number of hydrogen-bond acceptors (Lipinski definition) is 6. The average molecular weight is 128 g/mol. The van der Waals surface area contributed by atoms with Gasteiger partial charge in [0.2, 0.25) is 0 Å². The second kappa shape index (κ2) is 1.73. The van der Waals surface area contributed by atoms with E-state index < -0.39 is 0 Å². The van der Waals surface area contributed by atoms with E-state index in [0.717, 1.165) is 0 Å². The Labute approximate surface area is 51.7 Å². The van der Waals surface area contributed by atoms with Crippen LogP contribution >= 0.6 is 0 Å². The molecule has 0 atom stereocenters. The molecule has 8 N–H and O–H groups in total. The summed E-state index contributed by atoms with van der Waals surface area (Å²) in [6.45, 7) is 0. The van der Waals surface area contributed by atoms with E-state index in [4.69, 9.17) is 17.2 Å². The maximum Gasteiger partial charge on any atom is 0.172 e. The Morgan fingerprint density at radius 3 is 2.33 bits per heavy atom. The maximum absolute atomic E-state index is 5.32. The van der Waals surface area contributed by atoms with Crippen LogP contribution in [0.25, 0.3) is 0 Å². The number of amidine groups is 1. The fourth-order valence-electron chi connectivity index (χ4n) is 0.414. The van der Waals surface area contributed by atoms with Gasteiger partial charge >= 0.3 is 0 Å². The normalized spacial score (nSPS) is 18.0. The summed E-state index contributed by atoms with van der Waals surface area (Å²) in [4.78, 5) is 0. The van der Waals surface area contributed by atoms with Crippen LogP contribution in [-0.2, 0) is 0 Å². The van der Waals surface area contributed by atoms with Crippen LogP contribution in [0.3, 0.4) is 0 Å². The smallest absolute Gasteiger partial charge is 0.172 e. The number of hydrazone groups is 1. The van der Waals surface area contributed by atoms with Gasteiger partial charge in [-0.3, -0.25) is 5.43 Å². The molecule has 0 spiro atoms. The van der Waals surface area contributed by atoms with Gasteiger partial charge in [-0.05, 0) is 0 Å². The van der Waals surface area contributed by atoms with Gasteiger partial charge in [0, 0.05) is 0 Å². The zero-order chi connectivity index (χ0) is 6.85. The molecule has 0 saturated heterocycles. The molecule has 6 nitrogen and oxygen atoms in total. The first-order chi connectivity index (χ1) is 4.22. The van der Waals surface area contributed by atoms with Gasteiger partial charge in [0.05, 0.1) is 0 Å². The molecule has 1 rings (SSSR count). The molecule has 0 aromatic rings. The molecule has 0 bridgehead atoms. The van der Waals surface area contributed by atoms with Crippen molar-refractivity contribution in [2.75, 3.05) is 0 Å². The highest BCUT2D eigenvalue weighted by molar-refractivity contribution is 5.96. The summed E-state index contributed by atoms with van der Waals surface area (Å²) in [6.07, 6.45) is 0. The lowest BCUT2D eigenvalue weighted by molar-refractivity contribution is 0.610. The van der Waals surface area contributed by atoms with Crippen molar-refractivity contribution in [3.05, 3.63) is 11.5 Å². The quantitative estimate of drug-likeness (QED) is 0.246. The molecule has 0 aliphatic carbocycles. The van der Waals surface area contributed by atoms with E-state index in [2.05, 4.69) is 16.1 Å². The molecule has 0 aromatic heterocycles. The van der Waals surface area contributed by atoms with Crippen LogP contribution in [0.5, 0.6) is 0 Å². The molecule has 1 heterocycles. The third kappa shape index (κ3) is 0.809. The van der Waals surface area contributed by atoms with Crippen molar-refractivity contribution in [3.63, 3.8) is 0 Å². The zero-order valence-corrected chi connectivity index (χ0v) is 4.68. The van der Waals surface area contributed by atoms with Gasteiger partial charge in [0.15, 0.2) is 5.84 Å². The Kier molecular flexibility index (Phi) is 1.07. The SMILES string of the molecule is NC1=NNNC(N)=C1N. The first-order valence-electron chi connectivity index (χ1n) is 2.31. The molecular formula is C3H8N6. The number of nitrogens with one attached hydrogen (secondary N) is 2. The van der Waals surface area contributed by atoms with Crippen molar-refractivity contribution in [1.82, 2.24) is 11.0 Å². The summed E-state index contributed by atoms with van der Waals surface area (Å²) in [5.74, 6) is 0.494. The standard InChI is InChI=1S/C3H8N6/c4-1-2(5)7-9-8-3(1)6/h7,9H,4-5H2,(H2,6,8). The monoisotopic (exact) mass is 128 g/mol. The molecule has 1 aliphatic rings. The van der Waals surface area contributed by atoms with E-state index in [-0.39, 0.29) is 11.5 Å². The lowest BCUT2D eigenvalue weighted by atomic mass is 10.4. The summed E-state index contributed by atoms with van der Waals surface area (Å²) < 4.78 is 0. The Bertz CT molecular complexity index is 179. The van der Waals surface area contributed by atoms with Gasteiger partial charge in [-0.2, -0.15) is 0 Å². The van der Waals surface area contributed by atoms with Crippen LogP contribution in [0, 0.1) is 0 Å². The zero-order valence-electron chi connectivity index (χ0n) is 4.68. The Balaban J connectivity index is 2.88. The minimum Gasteiger partial charge on any atom is -0.393 e. The van der Waals surface area contributed by atoms with Crippen LogP contribution in [0.15, 0.2) is 16.6 Å². The van der Waals surface area contributed by atoms with Crippen LogP contribution in [0.2, 0.25) is 0 Å². The second-order valence-electron chi connectivity index (χ2n) is 1.56. The van der Waals surface area contributed by atoms with E-state index in [0.29, 0.717) is 5.82 Å². The van der Waals surface area contributed by atoms with Gasteiger partial charge < -0.3 is 17.2 Å². The topological polar surface area (TPSA) is 114 Å². The molecule has 0 aromatic carbocycles. The van der Waals surface area contributed by atoms with Crippen molar-refractivity contribution in [2.24, 2.45) is 22.3 Å². The predicted octanol–water partition coefficient (Wildman–Crippen LogP) is -2.55. The van der Waals surface area contributed by atoms with Crippen LogP contribution in [-0.4, -0.2) is 5.84 Å². The van der Waals surface area contributed by atoms with Crippen LogP contribution in [0.1, 0.15) is 0 Å². The molecular weight excluding hydrogens is 120 g/mol. The van der Waals surface area contributed by atoms with Crippen molar-refractivity contribution in [3.8, 4) is 0 Å². The number of nitrogens with two attached hydrogens (primary N) is 3. The third-order valence-electron chi connectivity index (χ3n) is 0.933. The van der Waals surface area contributed by atoms with Crippen molar-refractivity contribution in [1.29, 1.82) is 0 Å².